The lowest BCUT2D eigenvalue weighted by Crippen LogP contribution is -2.30. The molecule has 42 heavy (non-hydrogen) atoms. The molecule has 2 aliphatic rings. The van der Waals surface area contributed by atoms with Crippen LogP contribution in [0.25, 0.3) is 22.2 Å². The van der Waals surface area contributed by atoms with Gasteiger partial charge in [-0.15, -0.1) is 0 Å². The number of fused-ring (bicyclic) bond motifs is 1. The molecule has 0 aliphatic carbocycles. The molecular formula is C30H29FN8O3. The standard InChI is InChI=1S/C30H29FN8O3/c1-30(41,22-2-4-24(31)5-3-22)23-12-32-28(33-13-23)19-6-8-37(9-7-19)29-25-10-20(14-38(25)36-18-34-29)21-11-35-39(15-21)26-16-42-17-27(26)40/h2-6,10-15,18,26-27,40-41H,7-9,16-17H2,1H3/t26-,27-,30+/m1/s1. The Morgan fingerprint density at radius 1 is 0.976 bits per heavy atom. The van der Waals surface area contributed by atoms with Crippen molar-refractivity contribution in [1.29, 1.82) is 0 Å². The van der Waals surface area contributed by atoms with Gasteiger partial charge in [-0.1, -0.05) is 18.2 Å². The predicted octanol–water partition coefficient (Wildman–Crippen LogP) is 3.00. The van der Waals surface area contributed by atoms with Gasteiger partial charge in [-0.25, -0.2) is 23.9 Å². The maximum Gasteiger partial charge on any atom is 0.156 e. The Labute approximate surface area is 240 Å². The summed E-state index contributed by atoms with van der Waals surface area (Å²) in [5, 5.41) is 30.1. The Kier molecular flexibility index (Phi) is 6.53. The molecule has 7 rings (SSSR count). The highest BCUT2D eigenvalue weighted by Gasteiger charge is 2.29. The van der Waals surface area contributed by atoms with Crippen LogP contribution in [0.4, 0.5) is 10.2 Å². The lowest BCUT2D eigenvalue weighted by atomic mass is 9.90. The van der Waals surface area contributed by atoms with E-state index in [4.69, 9.17) is 4.74 Å². The van der Waals surface area contributed by atoms with Gasteiger partial charge < -0.3 is 19.8 Å². The number of nitrogens with zero attached hydrogens (tertiary/aromatic N) is 8. The first-order chi connectivity index (χ1) is 20.4. The van der Waals surface area contributed by atoms with Gasteiger partial charge in [-0.05, 0) is 42.7 Å². The van der Waals surface area contributed by atoms with Crippen molar-refractivity contribution in [3.63, 3.8) is 0 Å². The lowest BCUT2D eigenvalue weighted by molar-refractivity contribution is 0.101. The quantitative estimate of drug-likeness (QED) is 0.318. The highest BCUT2D eigenvalue weighted by atomic mass is 19.1. The van der Waals surface area contributed by atoms with Crippen LogP contribution in [0.3, 0.4) is 0 Å². The molecular weight excluding hydrogens is 539 g/mol. The number of halogens is 1. The number of aliphatic hydroxyl groups is 2. The van der Waals surface area contributed by atoms with Crippen LogP contribution < -0.4 is 4.90 Å². The number of aromatic nitrogens is 7. The lowest BCUT2D eigenvalue weighted by Gasteiger charge is -2.27. The van der Waals surface area contributed by atoms with Crippen molar-refractivity contribution in [2.45, 2.75) is 31.1 Å². The van der Waals surface area contributed by atoms with Crippen molar-refractivity contribution in [1.82, 2.24) is 34.3 Å². The van der Waals surface area contributed by atoms with Crippen LogP contribution in [0.2, 0.25) is 0 Å². The zero-order chi connectivity index (χ0) is 28.8. The van der Waals surface area contributed by atoms with Crippen molar-refractivity contribution < 1.29 is 19.3 Å². The number of benzene rings is 1. The summed E-state index contributed by atoms with van der Waals surface area (Å²) in [4.78, 5) is 15.9. The first-order valence-electron chi connectivity index (χ1n) is 13.8. The van der Waals surface area contributed by atoms with Crippen molar-refractivity contribution in [3.05, 3.63) is 96.5 Å². The van der Waals surface area contributed by atoms with E-state index in [1.165, 1.54) is 12.1 Å². The molecule has 0 bridgehead atoms. The van der Waals surface area contributed by atoms with Crippen LogP contribution in [0.5, 0.6) is 0 Å². The molecule has 214 valence electrons. The Bertz CT molecular complexity index is 1760. The number of hydrogen-bond donors (Lipinski definition) is 2. The molecule has 11 nitrogen and oxygen atoms in total. The maximum absolute atomic E-state index is 13.3. The minimum absolute atomic E-state index is 0.191. The van der Waals surface area contributed by atoms with Crippen molar-refractivity contribution in [2.24, 2.45) is 0 Å². The smallest absolute Gasteiger partial charge is 0.156 e. The first-order valence-corrected chi connectivity index (χ1v) is 13.8. The summed E-state index contributed by atoms with van der Waals surface area (Å²) >= 11 is 0. The SMILES string of the molecule is C[C@](O)(c1ccc(F)cc1)c1cnc(C2=CCN(c3ncnn4cc(-c5cnn([C@@H]6COC[C@H]6O)c5)cc34)CC2)nc1. The Morgan fingerprint density at radius 2 is 1.79 bits per heavy atom. The van der Waals surface area contributed by atoms with Gasteiger partial charge in [0.2, 0.25) is 0 Å². The molecule has 2 aliphatic heterocycles. The van der Waals surface area contributed by atoms with Crippen LogP contribution in [0, 0.1) is 5.82 Å². The third-order valence-corrected chi connectivity index (χ3v) is 8.10. The van der Waals surface area contributed by atoms with Crippen LogP contribution in [0.15, 0.2) is 73.7 Å². The first kappa shape index (κ1) is 26.4. The second-order valence-corrected chi connectivity index (χ2v) is 10.8. The molecule has 0 spiro atoms. The summed E-state index contributed by atoms with van der Waals surface area (Å²) in [6.45, 7) is 3.74. The van der Waals surface area contributed by atoms with E-state index >= 15 is 0 Å². The maximum atomic E-state index is 13.3. The highest BCUT2D eigenvalue weighted by molar-refractivity contribution is 5.78. The average molecular weight is 569 g/mol. The van der Waals surface area contributed by atoms with Gasteiger partial charge in [0.05, 0.1) is 19.4 Å². The molecule has 1 aromatic carbocycles. The number of anilines is 1. The predicted molar refractivity (Wildman–Crippen MR) is 152 cm³/mol. The van der Waals surface area contributed by atoms with Gasteiger partial charge in [0, 0.05) is 54.6 Å². The molecule has 0 saturated carbocycles. The number of rotatable bonds is 6. The van der Waals surface area contributed by atoms with E-state index in [9.17, 15) is 14.6 Å². The molecule has 5 aromatic rings. The molecule has 2 N–H and O–H groups in total. The highest BCUT2D eigenvalue weighted by Crippen LogP contribution is 2.32. The summed E-state index contributed by atoms with van der Waals surface area (Å²) in [5.74, 6) is 1.08. The van der Waals surface area contributed by atoms with E-state index in [0.29, 0.717) is 36.7 Å². The Morgan fingerprint density at radius 3 is 2.50 bits per heavy atom. The van der Waals surface area contributed by atoms with Crippen LogP contribution in [-0.4, -0.2) is 77.0 Å². The Hall–Kier alpha value is -4.52. The van der Waals surface area contributed by atoms with Gasteiger partial charge in [-0.2, -0.15) is 10.2 Å². The van der Waals surface area contributed by atoms with E-state index in [0.717, 1.165) is 41.0 Å². The monoisotopic (exact) mass is 568 g/mol. The summed E-state index contributed by atoms with van der Waals surface area (Å²) in [6, 6.07) is 7.62. The zero-order valence-corrected chi connectivity index (χ0v) is 22.9. The van der Waals surface area contributed by atoms with Crippen LogP contribution in [-0.2, 0) is 10.3 Å². The minimum Gasteiger partial charge on any atom is -0.388 e. The molecule has 6 heterocycles. The van der Waals surface area contributed by atoms with Gasteiger partial charge in [0.15, 0.2) is 11.6 Å². The topological polar surface area (TPSA) is 127 Å². The van der Waals surface area contributed by atoms with E-state index in [-0.39, 0.29) is 11.9 Å². The van der Waals surface area contributed by atoms with Gasteiger partial charge >= 0.3 is 0 Å². The third-order valence-electron chi connectivity index (χ3n) is 8.10. The second-order valence-electron chi connectivity index (χ2n) is 10.8. The largest absolute Gasteiger partial charge is 0.388 e. The van der Waals surface area contributed by atoms with Gasteiger partial charge in [-0.3, -0.25) is 4.68 Å². The van der Waals surface area contributed by atoms with Gasteiger partial charge in [0.1, 0.15) is 35.4 Å². The summed E-state index contributed by atoms with van der Waals surface area (Å²) in [7, 11) is 0. The number of hydrogen-bond acceptors (Lipinski definition) is 9. The van der Waals surface area contributed by atoms with Gasteiger partial charge in [0.25, 0.3) is 0 Å². The van der Waals surface area contributed by atoms with Crippen LogP contribution in [0.1, 0.15) is 36.3 Å². The molecule has 0 radical (unpaired) electrons. The summed E-state index contributed by atoms with van der Waals surface area (Å²) < 4.78 is 22.3. The molecule has 12 heteroatoms. The van der Waals surface area contributed by atoms with E-state index in [2.05, 4.69) is 36.1 Å². The third kappa shape index (κ3) is 4.73. The fourth-order valence-corrected chi connectivity index (χ4v) is 5.52. The second kappa shape index (κ2) is 10.4. The fourth-order valence-electron chi connectivity index (χ4n) is 5.52. The van der Waals surface area contributed by atoms with Crippen molar-refractivity contribution >= 4 is 16.9 Å². The molecule has 3 atom stereocenters. The average Bonchev–Trinajstić information content (AvgIpc) is 3.77. The van der Waals surface area contributed by atoms with E-state index < -0.39 is 11.7 Å². The van der Waals surface area contributed by atoms with Crippen LogP contribution >= 0.6 is 0 Å². The molecule has 1 fully saturated rings. The molecule has 0 unspecified atom stereocenters. The number of aliphatic hydroxyl groups excluding tert-OH is 1. The molecule has 4 aromatic heterocycles. The normalized spacial score (nSPS) is 20.6. The summed E-state index contributed by atoms with van der Waals surface area (Å²) in [6.07, 6.45) is 12.7. The number of ether oxygens (including phenoxy) is 1. The fraction of sp³-hybridized carbons (Fsp3) is 0.300. The van der Waals surface area contributed by atoms with E-state index in [1.54, 1.807) is 48.7 Å². The summed E-state index contributed by atoms with van der Waals surface area (Å²) in [5.41, 5.74) is 3.52. The zero-order valence-electron chi connectivity index (χ0n) is 22.9. The molecule has 1 saturated heterocycles. The van der Waals surface area contributed by atoms with Crippen molar-refractivity contribution in [3.8, 4) is 11.1 Å². The minimum atomic E-state index is -1.34. The Balaban J connectivity index is 1.08. The van der Waals surface area contributed by atoms with E-state index in [1.807, 2.05) is 23.0 Å². The van der Waals surface area contributed by atoms with Crippen molar-refractivity contribution in [2.75, 3.05) is 31.2 Å². The molecule has 0 amide bonds.